The van der Waals surface area contributed by atoms with Crippen LogP contribution in [-0.2, 0) is 11.0 Å². The first-order valence-corrected chi connectivity index (χ1v) is 4.25. The lowest BCUT2D eigenvalue weighted by Crippen LogP contribution is -2.08. The largest absolute Gasteiger partial charge is 0.416 e. The number of benzene rings is 1. The van der Waals surface area contributed by atoms with Gasteiger partial charge in [-0.2, -0.15) is 13.2 Å². The van der Waals surface area contributed by atoms with E-state index in [4.69, 9.17) is 0 Å². The van der Waals surface area contributed by atoms with E-state index < -0.39 is 11.7 Å². The van der Waals surface area contributed by atoms with Crippen LogP contribution in [0.15, 0.2) is 30.8 Å². The Morgan fingerprint density at radius 3 is 2.47 bits per heavy atom. The van der Waals surface area contributed by atoms with Crippen LogP contribution in [0.5, 0.6) is 0 Å². The highest BCUT2D eigenvalue weighted by Gasteiger charge is 2.33. The van der Waals surface area contributed by atoms with Crippen molar-refractivity contribution in [3.8, 4) is 0 Å². The van der Waals surface area contributed by atoms with Gasteiger partial charge in [0.15, 0.2) is 0 Å². The average molecular weight is 214 g/mol. The lowest BCUT2D eigenvalue weighted by Gasteiger charge is -2.12. The zero-order valence-electron chi connectivity index (χ0n) is 7.84. The summed E-state index contributed by atoms with van der Waals surface area (Å²) in [6.07, 6.45) is -3.97. The van der Waals surface area contributed by atoms with Crippen LogP contribution in [0.2, 0.25) is 0 Å². The molecule has 0 heterocycles. The van der Waals surface area contributed by atoms with Crippen molar-refractivity contribution in [2.75, 3.05) is 0 Å². The van der Waals surface area contributed by atoms with Crippen LogP contribution < -0.4 is 0 Å². The summed E-state index contributed by atoms with van der Waals surface area (Å²) in [5.41, 5.74) is -0.591. The molecule has 0 aliphatic carbocycles. The third-order valence-electron chi connectivity index (χ3n) is 1.94. The molecule has 4 heteroatoms. The Labute approximate surface area is 85.2 Å². The second-order valence-corrected chi connectivity index (χ2v) is 3.02. The Morgan fingerprint density at radius 2 is 1.93 bits per heavy atom. The molecule has 0 aliphatic heterocycles. The molecule has 0 radical (unpaired) electrons. The van der Waals surface area contributed by atoms with Gasteiger partial charge in [-0.3, -0.25) is 0 Å². The molecule has 0 aliphatic rings. The Morgan fingerprint density at radius 1 is 1.33 bits per heavy atom. The topological polar surface area (TPSA) is 17.1 Å². The second kappa shape index (κ2) is 4.29. The fourth-order valence-electron chi connectivity index (χ4n) is 1.25. The molecule has 1 aromatic rings. The normalized spacial score (nSPS) is 11.1. The summed E-state index contributed by atoms with van der Waals surface area (Å²) in [4.78, 5) is 10.2. The van der Waals surface area contributed by atoms with Crippen molar-refractivity contribution in [2.24, 2.45) is 0 Å². The number of hydrogen-bond donors (Lipinski definition) is 0. The smallest absolute Gasteiger partial charge is 0.303 e. The summed E-state index contributed by atoms with van der Waals surface area (Å²) < 4.78 is 37.6. The van der Waals surface area contributed by atoms with E-state index in [0.29, 0.717) is 6.29 Å². The maximum atomic E-state index is 12.5. The van der Waals surface area contributed by atoms with E-state index in [2.05, 4.69) is 6.58 Å². The number of alkyl halides is 3. The van der Waals surface area contributed by atoms with Crippen LogP contribution >= 0.6 is 0 Å². The highest BCUT2D eigenvalue weighted by Crippen LogP contribution is 2.34. The molecule has 0 saturated carbocycles. The second-order valence-electron chi connectivity index (χ2n) is 3.02. The van der Waals surface area contributed by atoms with Gasteiger partial charge < -0.3 is 4.79 Å². The highest BCUT2D eigenvalue weighted by molar-refractivity contribution is 5.77. The van der Waals surface area contributed by atoms with Gasteiger partial charge in [-0.05, 0) is 17.2 Å². The number of carbonyl (C=O) groups excluding carboxylic acids is 1. The van der Waals surface area contributed by atoms with Crippen molar-refractivity contribution >= 4 is 11.9 Å². The molecule has 0 amide bonds. The first-order valence-electron chi connectivity index (χ1n) is 4.25. The number of allylic oxidation sites excluding steroid dienone is 1. The predicted octanol–water partition coefficient (Wildman–Crippen LogP) is 3.31. The Bertz CT molecular complexity index is 380. The van der Waals surface area contributed by atoms with Crippen LogP contribution in [0.1, 0.15) is 17.5 Å². The fourth-order valence-corrected chi connectivity index (χ4v) is 1.25. The average Bonchev–Trinajstić information content (AvgIpc) is 2.17. The predicted molar refractivity (Wildman–Crippen MR) is 51.2 cm³/mol. The van der Waals surface area contributed by atoms with E-state index in [-0.39, 0.29) is 17.6 Å². The van der Waals surface area contributed by atoms with Gasteiger partial charge in [0.2, 0.25) is 0 Å². The molecular weight excluding hydrogens is 205 g/mol. The van der Waals surface area contributed by atoms with Crippen molar-refractivity contribution in [3.05, 3.63) is 42.0 Å². The molecule has 0 aromatic heterocycles. The molecule has 80 valence electrons. The van der Waals surface area contributed by atoms with E-state index in [0.717, 1.165) is 6.07 Å². The lowest BCUT2D eigenvalue weighted by atomic mass is 9.99. The van der Waals surface area contributed by atoms with Crippen LogP contribution in [-0.4, -0.2) is 6.29 Å². The van der Waals surface area contributed by atoms with Gasteiger partial charge in [0.05, 0.1) is 5.56 Å². The summed E-state index contributed by atoms with van der Waals surface area (Å²) in [6, 6.07) is 5.08. The monoisotopic (exact) mass is 214 g/mol. The Hall–Kier alpha value is -1.58. The van der Waals surface area contributed by atoms with Crippen molar-refractivity contribution in [2.45, 2.75) is 12.6 Å². The summed E-state index contributed by atoms with van der Waals surface area (Å²) in [5.74, 6) is 0. The van der Waals surface area contributed by atoms with Crippen molar-refractivity contribution in [1.82, 2.24) is 0 Å². The third-order valence-corrected chi connectivity index (χ3v) is 1.94. The minimum atomic E-state index is -4.41. The summed E-state index contributed by atoms with van der Waals surface area (Å²) in [6.45, 7) is 3.46. The zero-order chi connectivity index (χ0) is 11.5. The van der Waals surface area contributed by atoms with Crippen molar-refractivity contribution in [1.29, 1.82) is 0 Å². The standard InChI is InChI=1S/C11H9F3O/c1-8(6-7-15)9-4-2-3-5-10(9)11(12,13)14/h2-5,7H,1,6H2. The van der Waals surface area contributed by atoms with Gasteiger partial charge in [-0.15, -0.1) is 0 Å². The highest BCUT2D eigenvalue weighted by atomic mass is 19.4. The van der Waals surface area contributed by atoms with Crippen LogP contribution in [0.25, 0.3) is 5.57 Å². The van der Waals surface area contributed by atoms with Gasteiger partial charge >= 0.3 is 6.18 Å². The van der Waals surface area contributed by atoms with E-state index in [9.17, 15) is 18.0 Å². The molecule has 0 bridgehead atoms. The van der Waals surface area contributed by atoms with Gasteiger partial charge in [0.1, 0.15) is 6.29 Å². The zero-order valence-corrected chi connectivity index (χ0v) is 7.84. The maximum absolute atomic E-state index is 12.5. The van der Waals surface area contributed by atoms with Crippen LogP contribution in [0, 0.1) is 0 Å². The van der Waals surface area contributed by atoms with E-state index in [1.165, 1.54) is 18.2 Å². The fraction of sp³-hybridized carbons (Fsp3) is 0.182. The van der Waals surface area contributed by atoms with E-state index in [1.54, 1.807) is 0 Å². The molecule has 1 aromatic carbocycles. The van der Waals surface area contributed by atoms with Gasteiger partial charge in [0, 0.05) is 6.42 Å². The quantitative estimate of drug-likeness (QED) is 0.705. The first-order chi connectivity index (χ1) is 6.96. The number of rotatable bonds is 3. The number of aldehydes is 1. The molecule has 0 atom stereocenters. The molecule has 15 heavy (non-hydrogen) atoms. The summed E-state index contributed by atoms with van der Waals surface area (Å²) >= 11 is 0. The molecule has 1 nitrogen and oxygen atoms in total. The molecule has 0 unspecified atom stereocenters. The number of halogens is 3. The van der Waals surface area contributed by atoms with Crippen LogP contribution in [0.4, 0.5) is 13.2 Å². The molecule has 0 saturated heterocycles. The van der Waals surface area contributed by atoms with Gasteiger partial charge in [-0.25, -0.2) is 0 Å². The lowest BCUT2D eigenvalue weighted by molar-refractivity contribution is -0.137. The molecule has 0 fully saturated rings. The van der Waals surface area contributed by atoms with Gasteiger partial charge in [0.25, 0.3) is 0 Å². The Balaban J connectivity index is 3.18. The first kappa shape index (κ1) is 11.5. The molecule has 1 rings (SSSR count). The minimum absolute atomic E-state index is 0.0166. The molecule has 0 spiro atoms. The van der Waals surface area contributed by atoms with Gasteiger partial charge in [-0.1, -0.05) is 24.8 Å². The van der Waals surface area contributed by atoms with Crippen LogP contribution in [0.3, 0.4) is 0 Å². The third kappa shape index (κ3) is 2.68. The molecule has 0 N–H and O–H groups in total. The van der Waals surface area contributed by atoms with E-state index >= 15 is 0 Å². The van der Waals surface area contributed by atoms with Crippen molar-refractivity contribution in [3.63, 3.8) is 0 Å². The van der Waals surface area contributed by atoms with E-state index in [1.807, 2.05) is 0 Å². The number of hydrogen-bond acceptors (Lipinski definition) is 1. The number of carbonyl (C=O) groups is 1. The Kier molecular flexibility index (Phi) is 3.29. The molecular formula is C11H9F3O. The summed E-state index contributed by atoms with van der Waals surface area (Å²) in [7, 11) is 0. The van der Waals surface area contributed by atoms with Crippen molar-refractivity contribution < 1.29 is 18.0 Å². The SMILES string of the molecule is C=C(CC=O)c1ccccc1C(F)(F)F. The summed E-state index contributed by atoms with van der Waals surface area (Å²) in [5, 5.41) is 0. The maximum Gasteiger partial charge on any atom is 0.416 e. The minimum Gasteiger partial charge on any atom is -0.303 e.